The van der Waals surface area contributed by atoms with Crippen LogP contribution in [0.1, 0.15) is 15.9 Å². The number of nitrogens with one attached hydrogen (secondary N) is 1. The second-order valence-electron chi connectivity index (χ2n) is 3.85. The summed E-state index contributed by atoms with van der Waals surface area (Å²) in [5.41, 5.74) is 1.60. The molecule has 100 valence electrons. The summed E-state index contributed by atoms with van der Waals surface area (Å²) in [7, 11) is 0. The third kappa shape index (κ3) is 3.58. The molecule has 2 aromatic rings. The van der Waals surface area contributed by atoms with E-state index in [4.69, 9.17) is 16.7 Å². The van der Waals surface area contributed by atoms with Crippen molar-refractivity contribution in [2.45, 2.75) is 0 Å². The molecule has 0 aliphatic carbocycles. The molecule has 0 aliphatic heterocycles. The van der Waals surface area contributed by atoms with Crippen molar-refractivity contribution in [2.75, 3.05) is 11.9 Å². The monoisotopic (exact) mass is 286 g/mol. The molecule has 0 bridgehead atoms. The molecular formula is C15H11ClN2O2. The maximum Gasteiger partial charge on any atom is 0.255 e. The van der Waals surface area contributed by atoms with Crippen molar-refractivity contribution in [3.63, 3.8) is 0 Å². The molecule has 0 atom stereocenters. The zero-order chi connectivity index (χ0) is 14.4. The van der Waals surface area contributed by atoms with Gasteiger partial charge in [0.2, 0.25) is 0 Å². The third-order valence-electron chi connectivity index (χ3n) is 2.45. The van der Waals surface area contributed by atoms with Crippen molar-refractivity contribution >= 4 is 23.2 Å². The zero-order valence-corrected chi connectivity index (χ0v) is 11.2. The minimum absolute atomic E-state index is 0.237. The van der Waals surface area contributed by atoms with Gasteiger partial charge < -0.3 is 10.4 Å². The molecular weight excluding hydrogens is 276 g/mol. The Hall–Kier alpha value is -2.35. The fourth-order valence-electron chi connectivity index (χ4n) is 1.53. The third-order valence-corrected chi connectivity index (χ3v) is 2.77. The smallest absolute Gasteiger partial charge is 0.255 e. The van der Waals surface area contributed by atoms with Crippen LogP contribution in [0.5, 0.6) is 0 Å². The van der Waals surface area contributed by atoms with Gasteiger partial charge in [0.15, 0.2) is 0 Å². The second kappa shape index (κ2) is 6.71. The summed E-state index contributed by atoms with van der Waals surface area (Å²) in [6.07, 6.45) is 3.18. The number of hydrogen-bond acceptors (Lipinski definition) is 3. The van der Waals surface area contributed by atoms with Crippen LogP contribution in [-0.2, 0) is 0 Å². The molecule has 0 saturated heterocycles. The molecule has 0 aliphatic rings. The van der Waals surface area contributed by atoms with Gasteiger partial charge in [0.1, 0.15) is 6.61 Å². The Morgan fingerprint density at radius 3 is 2.90 bits per heavy atom. The SMILES string of the molecule is O=C(Nc1cccnc1)c1ccc(C#CCO)c(Cl)c1. The van der Waals surface area contributed by atoms with Gasteiger partial charge in [-0.05, 0) is 30.3 Å². The highest BCUT2D eigenvalue weighted by Crippen LogP contribution is 2.18. The van der Waals surface area contributed by atoms with Gasteiger partial charge in [-0.2, -0.15) is 0 Å². The van der Waals surface area contributed by atoms with E-state index in [0.29, 0.717) is 21.8 Å². The second-order valence-corrected chi connectivity index (χ2v) is 4.26. The Bertz CT molecular complexity index is 675. The fourth-order valence-corrected chi connectivity index (χ4v) is 1.76. The van der Waals surface area contributed by atoms with Gasteiger partial charge in [-0.25, -0.2) is 0 Å². The Labute approximate surface area is 121 Å². The highest BCUT2D eigenvalue weighted by molar-refractivity contribution is 6.32. The molecule has 5 heteroatoms. The van der Waals surface area contributed by atoms with Gasteiger partial charge in [0, 0.05) is 17.3 Å². The van der Waals surface area contributed by atoms with E-state index in [2.05, 4.69) is 22.1 Å². The van der Waals surface area contributed by atoms with E-state index in [9.17, 15) is 4.79 Å². The lowest BCUT2D eigenvalue weighted by molar-refractivity contribution is 0.102. The van der Waals surface area contributed by atoms with Crippen LogP contribution in [0.4, 0.5) is 5.69 Å². The first kappa shape index (κ1) is 14.1. The summed E-state index contributed by atoms with van der Waals surface area (Å²) in [6, 6.07) is 8.28. The number of hydrogen-bond donors (Lipinski definition) is 2. The van der Waals surface area contributed by atoms with E-state index in [1.807, 2.05) is 0 Å². The Morgan fingerprint density at radius 1 is 1.40 bits per heavy atom. The van der Waals surface area contributed by atoms with Crippen LogP contribution in [0.3, 0.4) is 0 Å². The van der Waals surface area contributed by atoms with Crippen molar-refractivity contribution < 1.29 is 9.90 Å². The van der Waals surface area contributed by atoms with E-state index in [0.717, 1.165) is 0 Å². The van der Waals surface area contributed by atoms with Gasteiger partial charge >= 0.3 is 0 Å². The Morgan fingerprint density at radius 2 is 2.25 bits per heavy atom. The molecule has 1 aromatic heterocycles. The molecule has 1 amide bonds. The van der Waals surface area contributed by atoms with Crippen molar-refractivity contribution in [2.24, 2.45) is 0 Å². The average Bonchev–Trinajstić information content (AvgIpc) is 2.47. The van der Waals surface area contributed by atoms with E-state index < -0.39 is 0 Å². The molecule has 2 rings (SSSR count). The molecule has 4 nitrogen and oxygen atoms in total. The number of pyridine rings is 1. The predicted molar refractivity (Wildman–Crippen MR) is 77.6 cm³/mol. The van der Waals surface area contributed by atoms with Crippen molar-refractivity contribution in [3.8, 4) is 11.8 Å². The largest absolute Gasteiger partial charge is 0.384 e. The van der Waals surface area contributed by atoms with Gasteiger partial charge in [-0.15, -0.1) is 0 Å². The van der Waals surface area contributed by atoms with Gasteiger partial charge in [0.05, 0.1) is 16.9 Å². The average molecular weight is 287 g/mol. The highest BCUT2D eigenvalue weighted by Gasteiger charge is 2.08. The fraction of sp³-hybridized carbons (Fsp3) is 0.0667. The first-order valence-corrected chi connectivity index (χ1v) is 6.19. The summed E-state index contributed by atoms with van der Waals surface area (Å²) in [6.45, 7) is -0.237. The van der Waals surface area contributed by atoms with Crippen molar-refractivity contribution in [1.82, 2.24) is 4.98 Å². The quantitative estimate of drug-likeness (QED) is 0.833. The van der Waals surface area contributed by atoms with Crippen molar-refractivity contribution in [3.05, 3.63) is 58.9 Å². The van der Waals surface area contributed by atoms with Gasteiger partial charge in [-0.3, -0.25) is 9.78 Å². The van der Waals surface area contributed by atoms with E-state index in [1.165, 1.54) is 6.07 Å². The predicted octanol–water partition coefficient (Wildman–Crippen LogP) is 2.33. The lowest BCUT2D eigenvalue weighted by Crippen LogP contribution is -2.12. The minimum atomic E-state index is -0.276. The summed E-state index contributed by atoms with van der Waals surface area (Å²) in [5, 5.41) is 11.7. The zero-order valence-electron chi connectivity index (χ0n) is 10.4. The van der Waals surface area contributed by atoms with Crippen LogP contribution in [-0.4, -0.2) is 22.6 Å². The number of halogens is 1. The number of aromatic nitrogens is 1. The number of nitrogens with zero attached hydrogens (tertiary/aromatic N) is 1. The van der Waals surface area contributed by atoms with Crippen molar-refractivity contribution in [1.29, 1.82) is 0 Å². The molecule has 0 radical (unpaired) electrons. The van der Waals surface area contributed by atoms with Crippen LogP contribution in [0.2, 0.25) is 5.02 Å². The van der Waals surface area contributed by atoms with Crippen LogP contribution in [0, 0.1) is 11.8 Å². The molecule has 0 unspecified atom stereocenters. The van der Waals surface area contributed by atoms with E-state index in [-0.39, 0.29) is 12.5 Å². The molecule has 0 fully saturated rings. The molecule has 2 N–H and O–H groups in total. The number of benzene rings is 1. The number of aliphatic hydroxyl groups excluding tert-OH is 1. The van der Waals surface area contributed by atoms with E-state index in [1.54, 1.807) is 36.7 Å². The number of rotatable bonds is 2. The lowest BCUT2D eigenvalue weighted by atomic mass is 10.1. The first-order valence-electron chi connectivity index (χ1n) is 5.81. The minimum Gasteiger partial charge on any atom is -0.384 e. The maximum atomic E-state index is 12.0. The Kier molecular flexibility index (Phi) is 4.72. The summed E-state index contributed by atoms with van der Waals surface area (Å²) in [4.78, 5) is 15.9. The van der Waals surface area contributed by atoms with Gasteiger partial charge in [-0.1, -0.05) is 23.4 Å². The number of amides is 1. The molecule has 20 heavy (non-hydrogen) atoms. The van der Waals surface area contributed by atoms with Gasteiger partial charge in [0.25, 0.3) is 5.91 Å². The lowest BCUT2D eigenvalue weighted by Gasteiger charge is -2.05. The normalized spacial score (nSPS) is 9.50. The maximum absolute atomic E-state index is 12.0. The topological polar surface area (TPSA) is 62.2 Å². The summed E-state index contributed by atoms with van der Waals surface area (Å²) >= 11 is 6.04. The molecule has 1 heterocycles. The standard InChI is InChI=1S/C15H11ClN2O2/c16-14-9-12(6-5-11(14)3-2-8-19)15(20)18-13-4-1-7-17-10-13/h1,4-7,9-10,19H,8H2,(H,18,20). The summed E-state index contributed by atoms with van der Waals surface area (Å²) < 4.78 is 0. The van der Waals surface area contributed by atoms with Crippen LogP contribution >= 0.6 is 11.6 Å². The number of aliphatic hydroxyl groups is 1. The number of carbonyl (C=O) groups is 1. The number of anilines is 1. The van der Waals surface area contributed by atoms with Crippen LogP contribution < -0.4 is 5.32 Å². The van der Waals surface area contributed by atoms with Crippen LogP contribution in [0.25, 0.3) is 0 Å². The highest BCUT2D eigenvalue weighted by atomic mass is 35.5. The van der Waals surface area contributed by atoms with Crippen LogP contribution in [0.15, 0.2) is 42.7 Å². The number of carbonyl (C=O) groups excluding carboxylic acids is 1. The first-order chi connectivity index (χ1) is 9.70. The Balaban J connectivity index is 2.17. The molecule has 0 saturated carbocycles. The molecule has 0 spiro atoms. The summed E-state index contributed by atoms with van der Waals surface area (Å²) in [5.74, 6) is 4.93. The van der Waals surface area contributed by atoms with E-state index >= 15 is 0 Å². The molecule has 1 aromatic carbocycles.